The Kier molecular flexibility index (Phi) is 4.24. The molecular formula is C15H13FN2O2S. The lowest BCUT2D eigenvalue weighted by molar-refractivity contribution is 0.602. The number of nitrogens with one attached hydrogen (secondary N) is 1. The first-order valence-electron chi connectivity index (χ1n) is 6.12. The molecule has 1 N–H and O–H groups in total. The van der Waals surface area contributed by atoms with Crippen molar-refractivity contribution in [2.24, 2.45) is 0 Å². The van der Waals surface area contributed by atoms with Crippen LogP contribution in [-0.4, -0.2) is 14.7 Å². The van der Waals surface area contributed by atoms with Crippen molar-refractivity contribution in [3.63, 3.8) is 0 Å². The molecule has 0 spiro atoms. The molecule has 0 aromatic heterocycles. The number of benzene rings is 2. The second-order valence-electron chi connectivity index (χ2n) is 4.56. The van der Waals surface area contributed by atoms with Gasteiger partial charge in [-0.25, -0.2) is 12.8 Å². The minimum absolute atomic E-state index is 0.233. The lowest BCUT2D eigenvalue weighted by Gasteiger charge is -2.08. The van der Waals surface area contributed by atoms with E-state index in [0.29, 0.717) is 16.8 Å². The Labute approximate surface area is 122 Å². The molecule has 0 aliphatic rings. The highest BCUT2D eigenvalue weighted by atomic mass is 32.2. The van der Waals surface area contributed by atoms with Gasteiger partial charge in [-0.3, -0.25) is 0 Å². The van der Waals surface area contributed by atoms with Gasteiger partial charge in [-0.05, 0) is 48.0 Å². The van der Waals surface area contributed by atoms with E-state index in [9.17, 15) is 12.8 Å². The molecule has 108 valence electrons. The van der Waals surface area contributed by atoms with Crippen LogP contribution in [0.2, 0.25) is 0 Å². The van der Waals surface area contributed by atoms with Gasteiger partial charge in [0.15, 0.2) is 9.84 Å². The third kappa shape index (κ3) is 3.80. The molecule has 0 heterocycles. The number of rotatable bonds is 4. The van der Waals surface area contributed by atoms with E-state index in [2.05, 4.69) is 5.32 Å². The van der Waals surface area contributed by atoms with Gasteiger partial charge in [0, 0.05) is 18.5 Å². The Balaban J connectivity index is 2.14. The predicted octanol–water partition coefficient (Wildman–Crippen LogP) is 2.71. The highest BCUT2D eigenvalue weighted by molar-refractivity contribution is 7.90. The molecule has 0 saturated heterocycles. The number of anilines is 1. The second-order valence-corrected chi connectivity index (χ2v) is 6.58. The van der Waals surface area contributed by atoms with Gasteiger partial charge < -0.3 is 5.32 Å². The summed E-state index contributed by atoms with van der Waals surface area (Å²) in [6, 6.07) is 12.2. The summed E-state index contributed by atoms with van der Waals surface area (Å²) in [7, 11) is -3.22. The molecule has 2 rings (SSSR count). The molecule has 0 unspecified atom stereocenters. The maximum atomic E-state index is 13.2. The normalized spacial score (nSPS) is 10.9. The van der Waals surface area contributed by atoms with Crippen molar-refractivity contribution in [1.82, 2.24) is 0 Å². The van der Waals surface area contributed by atoms with Crippen molar-refractivity contribution in [1.29, 1.82) is 5.26 Å². The average molecular weight is 304 g/mol. The molecular weight excluding hydrogens is 291 g/mol. The zero-order valence-electron chi connectivity index (χ0n) is 11.3. The van der Waals surface area contributed by atoms with Crippen molar-refractivity contribution in [2.75, 3.05) is 11.6 Å². The molecule has 0 fully saturated rings. The van der Waals surface area contributed by atoms with Crippen LogP contribution in [0.25, 0.3) is 0 Å². The lowest BCUT2D eigenvalue weighted by atomic mass is 10.1. The summed E-state index contributed by atoms with van der Waals surface area (Å²) in [6.07, 6.45) is 1.14. The molecule has 21 heavy (non-hydrogen) atoms. The molecule has 0 aliphatic carbocycles. The zero-order valence-corrected chi connectivity index (χ0v) is 12.1. The Morgan fingerprint density at radius 1 is 1.19 bits per heavy atom. The van der Waals surface area contributed by atoms with Crippen LogP contribution in [0.5, 0.6) is 0 Å². The van der Waals surface area contributed by atoms with Crippen LogP contribution in [0, 0.1) is 17.1 Å². The largest absolute Gasteiger partial charge is 0.381 e. The summed E-state index contributed by atoms with van der Waals surface area (Å²) in [5, 5.41) is 12.0. The summed E-state index contributed by atoms with van der Waals surface area (Å²) in [4.78, 5) is 0.233. The van der Waals surface area contributed by atoms with Crippen molar-refractivity contribution in [3.05, 3.63) is 59.4 Å². The van der Waals surface area contributed by atoms with Crippen LogP contribution in [0.4, 0.5) is 10.1 Å². The van der Waals surface area contributed by atoms with E-state index in [1.54, 1.807) is 12.1 Å². The fraction of sp³-hybridized carbons (Fsp3) is 0.133. The molecule has 0 bridgehead atoms. The summed E-state index contributed by atoms with van der Waals surface area (Å²) >= 11 is 0. The predicted molar refractivity (Wildman–Crippen MR) is 78.0 cm³/mol. The first kappa shape index (κ1) is 15.0. The average Bonchev–Trinajstić information content (AvgIpc) is 2.45. The van der Waals surface area contributed by atoms with Crippen LogP contribution in [0.3, 0.4) is 0 Å². The van der Waals surface area contributed by atoms with Crippen molar-refractivity contribution in [2.45, 2.75) is 11.4 Å². The van der Waals surface area contributed by atoms with E-state index in [-0.39, 0.29) is 11.4 Å². The van der Waals surface area contributed by atoms with Gasteiger partial charge in [0.2, 0.25) is 0 Å². The van der Waals surface area contributed by atoms with Crippen LogP contribution in [0.15, 0.2) is 47.4 Å². The molecule has 0 radical (unpaired) electrons. The Bertz CT molecular complexity index is 793. The van der Waals surface area contributed by atoms with Gasteiger partial charge in [-0.2, -0.15) is 5.26 Å². The molecule has 0 amide bonds. The summed E-state index contributed by atoms with van der Waals surface area (Å²) < 4.78 is 35.9. The minimum Gasteiger partial charge on any atom is -0.381 e. The van der Waals surface area contributed by atoms with Crippen LogP contribution < -0.4 is 5.32 Å². The van der Waals surface area contributed by atoms with Gasteiger partial charge in [-0.1, -0.05) is 0 Å². The maximum absolute atomic E-state index is 13.2. The van der Waals surface area contributed by atoms with E-state index in [1.807, 2.05) is 6.07 Å². The second kappa shape index (κ2) is 5.94. The van der Waals surface area contributed by atoms with Crippen LogP contribution >= 0.6 is 0 Å². The number of hydrogen-bond donors (Lipinski definition) is 1. The number of nitriles is 1. The monoisotopic (exact) mass is 304 g/mol. The van der Waals surface area contributed by atoms with Crippen molar-refractivity contribution in [3.8, 4) is 6.07 Å². The van der Waals surface area contributed by atoms with Gasteiger partial charge in [0.25, 0.3) is 0 Å². The Morgan fingerprint density at radius 2 is 1.86 bits per heavy atom. The summed E-state index contributed by atoms with van der Waals surface area (Å²) in [5.41, 5.74) is 1.64. The molecule has 6 heteroatoms. The highest BCUT2D eigenvalue weighted by Crippen LogP contribution is 2.16. The van der Waals surface area contributed by atoms with Gasteiger partial charge in [0.1, 0.15) is 5.82 Å². The Morgan fingerprint density at radius 3 is 2.43 bits per heavy atom. The smallest absolute Gasteiger partial charge is 0.175 e. The molecule has 4 nitrogen and oxygen atoms in total. The molecule has 0 aliphatic heterocycles. The summed E-state index contributed by atoms with van der Waals surface area (Å²) in [6.45, 7) is 0.277. The van der Waals surface area contributed by atoms with E-state index < -0.39 is 15.7 Å². The quantitative estimate of drug-likeness (QED) is 0.943. The van der Waals surface area contributed by atoms with Crippen molar-refractivity contribution >= 4 is 15.5 Å². The third-order valence-electron chi connectivity index (χ3n) is 2.95. The molecule has 0 atom stereocenters. The number of halogens is 1. The van der Waals surface area contributed by atoms with E-state index in [1.165, 1.54) is 30.3 Å². The molecule has 2 aromatic rings. The van der Waals surface area contributed by atoms with Gasteiger partial charge >= 0.3 is 0 Å². The highest BCUT2D eigenvalue weighted by Gasteiger charge is 2.07. The molecule has 2 aromatic carbocycles. The van der Waals surface area contributed by atoms with Gasteiger partial charge in [-0.15, -0.1) is 0 Å². The minimum atomic E-state index is -3.22. The van der Waals surface area contributed by atoms with Crippen LogP contribution in [-0.2, 0) is 16.4 Å². The Hall–Kier alpha value is -2.39. The lowest BCUT2D eigenvalue weighted by Crippen LogP contribution is -2.03. The number of hydrogen-bond acceptors (Lipinski definition) is 4. The van der Waals surface area contributed by atoms with Gasteiger partial charge in [0.05, 0.1) is 16.5 Å². The number of sulfone groups is 1. The first-order valence-corrected chi connectivity index (χ1v) is 8.02. The first-order chi connectivity index (χ1) is 9.90. The summed E-state index contributed by atoms with van der Waals surface area (Å²) in [5.74, 6) is -0.404. The van der Waals surface area contributed by atoms with E-state index in [0.717, 1.165) is 6.26 Å². The fourth-order valence-electron chi connectivity index (χ4n) is 1.83. The maximum Gasteiger partial charge on any atom is 0.175 e. The van der Waals surface area contributed by atoms with E-state index in [4.69, 9.17) is 5.26 Å². The van der Waals surface area contributed by atoms with E-state index >= 15 is 0 Å². The topological polar surface area (TPSA) is 70.0 Å². The molecule has 0 saturated carbocycles. The number of nitrogens with zero attached hydrogens (tertiary/aromatic N) is 1. The fourth-order valence-corrected chi connectivity index (χ4v) is 2.47. The van der Waals surface area contributed by atoms with Crippen LogP contribution in [0.1, 0.15) is 11.1 Å². The zero-order chi connectivity index (χ0) is 15.5. The van der Waals surface area contributed by atoms with Crippen molar-refractivity contribution < 1.29 is 12.8 Å². The standard InChI is InChI=1S/C15H13FN2O2S/c1-21(19,20)15-6-4-14(5-7-15)18-10-12-8-13(16)3-2-11(12)9-17/h2-8,18H,10H2,1H3. The third-order valence-corrected chi connectivity index (χ3v) is 4.08. The SMILES string of the molecule is CS(=O)(=O)c1ccc(NCc2cc(F)ccc2C#N)cc1.